The summed E-state index contributed by atoms with van der Waals surface area (Å²) < 4.78 is 0. The SMILES string of the molecule is ON=C1C=Cc2ccccc2C1=NO. The molecule has 0 aromatic heterocycles. The van der Waals surface area contributed by atoms with Crippen LogP contribution in [0.25, 0.3) is 6.08 Å². The van der Waals surface area contributed by atoms with Gasteiger partial charge in [0.15, 0.2) is 0 Å². The lowest BCUT2D eigenvalue weighted by molar-refractivity contribution is 0.314. The van der Waals surface area contributed by atoms with Crippen molar-refractivity contribution in [3.05, 3.63) is 41.5 Å². The standard InChI is InChI=1S/C10H8N2O2/c13-11-9-6-5-7-3-1-2-4-8(7)10(9)12-14/h1-6,13-14H. The van der Waals surface area contributed by atoms with E-state index in [1.165, 1.54) is 0 Å². The minimum Gasteiger partial charge on any atom is -0.410 e. The van der Waals surface area contributed by atoms with E-state index in [4.69, 9.17) is 10.4 Å². The Hall–Kier alpha value is -2.10. The monoisotopic (exact) mass is 188 g/mol. The van der Waals surface area contributed by atoms with Gasteiger partial charge >= 0.3 is 0 Å². The molecule has 4 heteroatoms. The van der Waals surface area contributed by atoms with Crippen LogP contribution in [0.1, 0.15) is 11.1 Å². The molecule has 0 saturated carbocycles. The van der Waals surface area contributed by atoms with Crippen molar-refractivity contribution in [3.8, 4) is 0 Å². The molecule has 2 N–H and O–H groups in total. The molecule has 1 aromatic carbocycles. The van der Waals surface area contributed by atoms with Gasteiger partial charge in [-0.05, 0) is 11.6 Å². The van der Waals surface area contributed by atoms with Crippen molar-refractivity contribution in [2.24, 2.45) is 10.3 Å². The fourth-order valence-electron chi connectivity index (χ4n) is 1.43. The number of nitrogens with zero attached hydrogens (tertiary/aromatic N) is 2. The molecular formula is C10H8N2O2. The van der Waals surface area contributed by atoms with E-state index in [9.17, 15) is 0 Å². The van der Waals surface area contributed by atoms with Crippen LogP contribution in [-0.2, 0) is 0 Å². The van der Waals surface area contributed by atoms with Crippen LogP contribution >= 0.6 is 0 Å². The van der Waals surface area contributed by atoms with Crippen LogP contribution in [0.4, 0.5) is 0 Å². The van der Waals surface area contributed by atoms with E-state index in [0.717, 1.165) is 11.1 Å². The molecule has 0 fully saturated rings. The summed E-state index contributed by atoms with van der Waals surface area (Å²) in [6, 6.07) is 7.42. The van der Waals surface area contributed by atoms with E-state index in [1.54, 1.807) is 18.2 Å². The summed E-state index contributed by atoms with van der Waals surface area (Å²) in [6.07, 6.45) is 3.40. The fraction of sp³-hybridized carbons (Fsp3) is 0. The third-order valence-electron chi connectivity index (χ3n) is 2.09. The van der Waals surface area contributed by atoms with Gasteiger partial charge in [-0.1, -0.05) is 40.7 Å². The van der Waals surface area contributed by atoms with Gasteiger partial charge < -0.3 is 10.4 Å². The first-order valence-electron chi connectivity index (χ1n) is 4.09. The van der Waals surface area contributed by atoms with Crippen LogP contribution in [0.5, 0.6) is 0 Å². The topological polar surface area (TPSA) is 65.2 Å². The largest absolute Gasteiger partial charge is 0.410 e. The molecule has 0 spiro atoms. The van der Waals surface area contributed by atoms with Crippen LogP contribution in [0.2, 0.25) is 0 Å². The first-order valence-corrected chi connectivity index (χ1v) is 4.09. The highest BCUT2D eigenvalue weighted by Crippen LogP contribution is 2.17. The lowest BCUT2D eigenvalue weighted by atomic mass is 9.94. The first kappa shape index (κ1) is 8.50. The van der Waals surface area contributed by atoms with Crippen molar-refractivity contribution in [2.45, 2.75) is 0 Å². The Bertz CT molecular complexity index is 447. The number of rotatable bonds is 0. The van der Waals surface area contributed by atoms with Gasteiger partial charge in [-0.15, -0.1) is 0 Å². The number of hydrogen-bond donors (Lipinski definition) is 2. The highest BCUT2D eigenvalue weighted by Gasteiger charge is 2.17. The Labute approximate surface area is 80.5 Å². The molecule has 0 bridgehead atoms. The highest BCUT2D eigenvalue weighted by atomic mass is 16.4. The van der Waals surface area contributed by atoms with Crippen LogP contribution in [-0.4, -0.2) is 21.8 Å². The maximum absolute atomic E-state index is 8.80. The summed E-state index contributed by atoms with van der Waals surface area (Å²) in [5.74, 6) is 0. The van der Waals surface area contributed by atoms with Crippen molar-refractivity contribution in [1.29, 1.82) is 0 Å². The number of oxime groups is 2. The van der Waals surface area contributed by atoms with Crippen molar-refractivity contribution in [2.75, 3.05) is 0 Å². The van der Waals surface area contributed by atoms with E-state index in [1.807, 2.05) is 18.2 Å². The van der Waals surface area contributed by atoms with Gasteiger partial charge in [-0.3, -0.25) is 0 Å². The zero-order valence-electron chi connectivity index (χ0n) is 7.25. The average Bonchev–Trinajstić information content (AvgIpc) is 2.27. The molecule has 1 aliphatic rings. The molecule has 70 valence electrons. The summed E-state index contributed by atoms with van der Waals surface area (Å²) >= 11 is 0. The number of hydrogen-bond acceptors (Lipinski definition) is 4. The minimum atomic E-state index is 0.256. The van der Waals surface area contributed by atoms with E-state index in [0.29, 0.717) is 0 Å². The molecule has 0 saturated heterocycles. The summed E-state index contributed by atoms with van der Waals surface area (Å²) in [6.45, 7) is 0. The second kappa shape index (κ2) is 3.33. The van der Waals surface area contributed by atoms with E-state index >= 15 is 0 Å². The van der Waals surface area contributed by atoms with Gasteiger partial charge in [0.05, 0.1) is 0 Å². The van der Waals surface area contributed by atoms with Gasteiger partial charge in [0, 0.05) is 5.56 Å². The lowest BCUT2D eigenvalue weighted by Gasteiger charge is -2.11. The maximum atomic E-state index is 8.80. The van der Waals surface area contributed by atoms with Crippen LogP contribution < -0.4 is 0 Å². The van der Waals surface area contributed by atoms with Gasteiger partial charge in [-0.25, -0.2) is 0 Å². The van der Waals surface area contributed by atoms with Crippen molar-refractivity contribution < 1.29 is 10.4 Å². The molecule has 0 amide bonds. The van der Waals surface area contributed by atoms with Crippen LogP contribution in [0, 0.1) is 0 Å². The maximum Gasteiger partial charge on any atom is 0.139 e. The number of fused-ring (bicyclic) bond motifs is 1. The van der Waals surface area contributed by atoms with Gasteiger partial charge in [-0.2, -0.15) is 0 Å². The first-order chi connectivity index (χ1) is 6.86. The normalized spacial score (nSPS) is 20.0. The molecule has 2 rings (SSSR count). The number of allylic oxidation sites excluding steroid dienone is 1. The summed E-state index contributed by atoms with van der Waals surface area (Å²) in [4.78, 5) is 0. The predicted octanol–water partition coefficient (Wildman–Crippen LogP) is 1.72. The second-order valence-corrected chi connectivity index (χ2v) is 2.85. The summed E-state index contributed by atoms with van der Waals surface area (Å²) in [5.41, 5.74) is 2.23. The van der Waals surface area contributed by atoms with Gasteiger partial charge in [0.2, 0.25) is 0 Å². The Kier molecular flexibility index (Phi) is 2.02. The van der Waals surface area contributed by atoms with Crippen molar-refractivity contribution in [1.82, 2.24) is 0 Å². The fourth-order valence-corrected chi connectivity index (χ4v) is 1.43. The van der Waals surface area contributed by atoms with Crippen LogP contribution in [0.3, 0.4) is 0 Å². The molecule has 0 heterocycles. The molecule has 0 unspecified atom stereocenters. The van der Waals surface area contributed by atoms with Crippen LogP contribution in [0.15, 0.2) is 40.7 Å². The number of benzene rings is 1. The quantitative estimate of drug-likeness (QED) is 0.481. The summed E-state index contributed by atoms with van der Waals surface area (Å²) in [5, 5.41) is 23.6. The van der Waals surface area contributed by atoms with Crippen molar-refractivity contribution in [3.63, 3.8) is 0 Å². The smallest absolute Gasteiger partial charge is 0.139 e. The zero-order chi connectivity index (χ0) is 9.97. The van der Waals surface area contributed by atoms with E-state index < -0.39 is 0 Å². The van der Waals surface area contributed by atoms with Crippen molar-refractivity contribution >= 4 is 17.5 Å². The van der Waals surface area contributed by atoms with E-state index in [-0.39, 0.29) is 11.4 Å². The Morgan fingerprint density at radius 1 is 0.929 bits per heavy atom. The molecule has 0 atom stereocenters. The third-order valence-corrected chi connectivity index (χ3v) is 2.09. The highest BCUT2D eigenvalue weighted by molar-refractivity contribution is 6.54. The van der Waals surface area contributed by atoms with Gasteiger partial charge in [0.25, 0.3) is 0 Å². The zero-order valence-corrected chi connectivity index (χ0v) is 7.25. The second-order valence-electron chi connectivity index (χ2n) is 2.85. The molecule has 0 aliphatic heterocycles. The molecular weight excluding hydrogens is 180 g/mol. The van der Waals surface area contributed by atoms with E-state index in [2.05, 4.69) is 10.3 Å². The lowest BCUT2D eigenvalue weighted by Crippen LogP contribution is -2.17. The Morgan fingerprint density at radius 3 is 2.43 bits per heavy atom. The molecule has 1 aromatic rings. The average molecular weight is 188 g/mol. The third kappa shape index (κ3) is 1.17. The predicted molar refractivity (Wildman–Crippen MR) is 53.0 cm³/mol. The molecule has 14 heavy (non-hydrogen) atoms. The Balaban J connectivity index is 2.65. The molecule has 4 nitrogen and oxygen atoms in total. The van der Waals surface area contributed by atoms with Gasteiger partial charge in [0.1, 0.15) is 11.4 Å². The molecule has 0 radical (unpaired) electrons. The molecule has 1 aliphatic carbocycles. The summed E-state index contributed by atoms with van der Waals surface area (Å²) in [7, 11) is 0. The Morgan fingerprint density at radius 2 is 1.71 bits per heavy atom. The minimum absolute atomic E-state index is 0.256.